The van der Waals surface area contributed by atoms with Crippen molar-refractivity contribution in [3.8, 4) is 0 Å². The summed E-state index contributed by atoms with van der Waals surface area (Å²) in [6.07, 6.45) is 2.76. The highest BCUT2D eigenvalue weighted by molar-refractivity contribution is 6.30. The predicted octanol–water partition coefficient (Wildman–Crippen LogP) is 3.44. The first-order valence-electron chi connectivity index (χ1n) is 5.77. The van der Waals surface area contributed by atoms with Crippen molar-refractivity contribution in [2.75, 3.05) is 13.1 Å². The van der Waals surface area contributed by atoms with E-state index < -0.39 is 0 Å². The van der Waals surface area contributed by atoms with Gasteiger partial charge < -0.3 is 5.32 Å². The molecule has 1 aliphatic rings. The van der Waals surface area contributed by atoms with Crippen LogP contribution in [0.1, 0.15) is 31.2 Å². The smallest absolute Gasteiger partial charge is 0.0408 e. The second-order valence-electron chi connectivity index (χ2n) is 4.31. The first kappa shape index (κ1) is 11.0. The molecule has 2 rings (SSSR count). The molecule has 1 nitrogen and oxygen atoms in total. The van der Waals surface area contributed by atoms with Crippen LogP contribution in [0.3, 0.4) is 0 Å². The van der Waals surface area contributed by atoms with Crippen LogP contribution in [-0.2, 0) is 0 Å². The Balaban J connectivity index is 2.09. The largest absolute Gasteiger partial charge is 0.316 e. The van der Waals surface area contributed by atoms with Gasteiger partial charge in [-0.15, -0.1) is 0 Å². The quantitative estimate of drug-likeness (QED) is 0.807. The summed E-state index contributed by atoms with van der Waals surface area (Å²) < 4.78 is 0. The lowest BCUT2D eigenvalue weighted by Gasteiger charge is -2.17. The van der Waals surface area contributed by atoms with E-state index in [1.54, 1.807) is 0 Å². The maximum Gasteiger partial charge on any atom is 0.0408 e. The van der Waals surface area contributed by atoms with Crippen LogP contribution in [0.4, 0.5) is 0 Å². The van der Waals surface area contributed by atoms with Crippen molar-refractivity contribution < 1.29 is 0 Å². The van der Waals surface area contributed by atoms with Gasteiger partial charge >= 0.3 is 0 Å². The molecule has 15 heavy (non-hydrogen) atoms. The molecular weight excluding hydrogens is 206 g/mol. The van der Waals surface area contributed by atoms with Gasteiger partial charge in [0.25, 0.3) is 0 Å². The molecule has 0 bridgehead atoms. The van der Waals surface area contributed by atoms with Crippen LogP contribution >= 0.6 is 11.6 Å². The average molecular weight is 224 g/mol. The summed E-state index contributed by atoms with van der Waals surface area (Å²) in [7, 11) is 0. The van der Waals surface area contributed by atoms with E-state index in [0.717, 1.165) is 24.0 Å². The minimum atomic E-state index is 0.656. The molecule has 0 heterocycles. The standard InChI is InChI=1S/C13H18ClN/c1-2-15-9-13(10-6-7-10)11-4-3-5-12(14)8-11/h3-5,8,10,13,15H,2,6-7,9H2,1H3. The van der Waals surface area contributed by atoms with Crippen molar-refractivity contribution in [2.45, 2.75) is 25.7 Å². The van der Waals surface area contributed by atoms with Crippen LogP contribution in [0.25, 0.3) is 0 Å². The first-order chi connectivity index (χ1) is 7.31. The fraction of sp³-hybridized carbons (Fsp3) is 0.538. The van der Waals surface area contributed by atoms with Gasteiger partial charge in [0.1, 0.15) is 0 Å². The monoisotopic (exact) mass is 223 g/mol. The summed E-state index contributed by atoms with van der Waals surface area (Å²) in [5.74, 6) is 1.53. The fourth-order valence-corrected chi connectivity index (χ4v) is 2.29. The Morgan fingerprint density at radius 2 is 2.27 bits per heavy atom. The van der Waals surface area contributed by atoms with Crippen LogP contribution in [0.15, 0.2) is 24.3 Å². The lowest BCUT2D eigenvalue weighted by molar-refractivity contribution is 0.546. The Morgan fingerprint density at radius 1 is 1.47 bits per heavy atom. The van der Waals surface area contributed by atoms with E-state index in [4.69, 9.17) is 11.6 Å². The van der Waals surface area contributed by atoms with Gasteiger partial charge in [-0.2, -0.15) is 0 Å². The second kappa shape index (κ2) is 5.00. The molecule has 0 saturated heterocycles. The molecule has 1 saturated carbocycles. The summed E-state index contributed by atoms with van der Waals surface area (Å²) in [5.41, 5.74) is 1.39. The number of benzene rings is 1. The van der Waals surface area contributed by atoms with Crippen LogP contribution in [-0.4, -0.2) is 13.1 Å². The molecule has 0 amide bonds. The summed E-state index contributed by atoms with van der Waals surface area (Å²) in [6, 6.07) is 8.31. The third-order valence-electron chi connectivity index (χ3n) is 3.08. The van der Waals surface area contributed by atoms with Gasteiger partial charge in [-0.3, -0.25) is 0 Å². The van der Waals surface area contributed by atoms with Crippen molar-refractivity contribution in [3.05, 3.63) is 34.9 Å². The molecular formula is C13H18ClN. The molecule has 1 aromatic rings. The molecule has 0 spiro atoms. The van der Waals surface area contributed by atoms with Crippen LogP contribution in [0.5, 0.6) is 0 Å². The zero-order chi connectivity index (χ0) is 10.7. The Morgan fingerprint density at radius 3 is 2.87 bits per heavy atom. The Labute approximate surface area is 96.8 Å². The van der Waals surface area contributed by atoms with Gasteiger partial charge in [-0.05, 0) is 48.9 Å². The van der Waals surface area contributed by atoms with E-state index in [9.17, 15) is 0 Å². The maximum absolute atomic E-state index is 6.03. The van der Waals surface area contributed by atoms with Crippen LogP contribution in [0, 0.1) is 5.92 Å². The highest BCUT2D eigenvalue weighted by atomic mass is 35.5. The lowest BCUT2D eigenvalue weighted by atomic mass is 9.94. The number of hydrogen-bond donors (Lipinski definition) is 1. The fourth-order valence-electron chi connectivity index (χ4n) is 2.09. The van der Waals surface area contributed by atoms with Gasteiger partial charge in [0.05, 0.1) is 0 Å². The molecule has 1 aliphatic carbocycles. The Kier molecular flexibility index (Phi) is 3.66. The van der Waals surface area contributed by atoms with Crippen LogP contribution < -0.4 is 5.32 Å². The van der Waals surface area contributed by atoms with Gasteiger partial charge in [0, 0.05) is 11.6 Å². The van der Waals surface area contributed by atoms with E-state index in [-0.39, 0.29) is 0 Å². The molecule has 1 aromatic carbocycles. The van der Waals surface area contributed by atoms with Gasteiger partial charge in [-0.1, -0.05) is 30.7 Å². The van der Waals surface area contributed by atoms with Crippen molar-refractivity contribution in [3.63, 3.8) is 0 Å². The predicted molar refractivity (Wildman–Crippen MR) is 65.5 cm³/mol. The average Bonchev–Trinajstić information content (AvgIpc) is 3.03. The lowest BCUT2D eigenvalue weighted by Crippen LogP contribution is -2.22. The van der Waals surface area contributed by atoms with Crippen LogP contribution in [0.2, 0.25) is 5.02 Å². The summed E-state index contributed by atoms with van der Waals surface area (Å²) in [4.78, 5) is 0. The normalized spacial score (nSPS) is 17.7. The van der Waals surface area contributed by atoms with E-state index in [2.05, 4.69) is 30.4 Å². The second-order valence-corrected chi connectivity index (χ2v) is 4.74. The summed E-state index contributed by atoms with van der Waals surface area (Å²) in [6.45, 7) is 4.28. The topological polar surface area (TPSA) is 12.0 Å². The van der Waals surface area contributed by atoms with Crippen molar-refractivity contribution >= 4 is 11.6 Å². The highest BCUT2D eigenvalue weighted by Gasteiger charge is 2.31. The third-order valence-corrected chi connectivity index (χ3v) is 3.32. The Hall–Kier alpha value is -0.530. The van der Waals surface area contributed by atoms with Gasteiger partial charge in [-0.25, -0.2) is 0 Å². The van der Waals surface area contributed by atoms with E-state index in [1.165, 1.54) is 18.4 Å². The Bertz CT molecular complexity index is 320. The molecule has 1 fully saturated rings. The molecule has 2 heteroatoms. The number of halogens is 1. The third kappa shape index (κ3) is 2.96. The van der Waals surface area contributed by atoms with E-state index >= 15 is 0 Å². The SMILES string of the molecule is CCNCC(c1cccc(Cl)c1)C1CC1. The van der Waals surface area contributed by atoms with Crippen molar-refractivity contribution in [1.82, 2.24) is 5.32 Å². The molecule has 1 atom stereocenters. The number of hydrogen-bond acceptors (Lipinski definition) is 1. The zero-order valence-corrected chi connectivity index (χ0v) is 9.93. The van der Waals surface area contributed by atoms with Gasteiger partial charge in [0.15, 0.2) is 0 Å². The van der Waals surface area contributed by atoms with Gasteiger partial charge in [0.2, 0.25) is 0 Å². The van der Waals surface area contributed by atoms with Crippen molar-refractivity contribution in [1.29, 1.82) is 0 Å². The molecule has 0 radical (unpaired) electrons. The molecule has 0 aromatic heterocycles. The highest BCUT2D eigenvalue weighted by Crippen LogP contribution is 2.42. The summed E-state index contributed by atoms with van der Waals surface area (Å²) >= 11 is 6.03. The molecule has 82 valence electrons. The first-order valence-corrected chi connectivity index (χ1v) is 6.15. The molecule has 0 aliphatic heterocycles. The maximum atomic E-state index is 6.03. The minimum Gasteiger partial charge on any atom is -0.316 e. The number of nitrogens with one attached hydrogen (secondary N) is 1. The molecule has 1 N–H and O–H groups in total. The summed E-state index contributed by atoms with van der Waals surface area (Å²) in [5, 5.41) is 4.30. The molecule has 1 unspecified atom stereocenters. The minimum absolute atomic E-state index is 0.656. The number of rotatable bonds is 5. The zero-order valence-electron chi connectivity index (χ0n) is 9.17. The van der Waals surface area contributed by atoms with E-state index in [0.29, 0.717) is 5.92 Å². The van der Waals surface area contributed by atoms with E-state index in [1.807, 2.05) is 6.07 Å². The number of likely N-dealkylation sites (N-methyl/N-ethyl adjacent to an activating group) is 1. The van der Waals surface area contributed by atoms with Crippen molar-refractivity contribution in [2.24, 2.45) is 5.92 Å².